The Morgan fingerprint density at radius 1 is 1.33 bits per heavy atom. The topological polar surface area (TPSA) is 94.9 Å². The first-order valence-corrected chi connectivity index (χ1v) is 5.90. The van der Waals surface area contributed by atoms with E-state index in [1.807, 2.05) is 26.0 Å². The van der Waals surface area contributed by atoms with Crippen LogP contribution in [0.25, 0.3) is 10.9 Å². The fourth-order valence-electron chi connectivity index (χ4n) is 2.16. The lowest BCUT2D eigenvalue weighted by molar-refractivity contribution is 0.100. The molecule has 1 aromatic heterocycles. The molecule has 0 spiro atoms. The molecule has 5 nitrogen and oxygen atoms in total. The van der Waals surface area contributed by atoms with Gasteiger partial charge in [-0.05, 0) is 25.0 Å². The molecule has 0 atom stereocenters. The molecule has 0 fully saturated rings. The number of benzene rings is 1. The summed E-state index contributed by atoms with van der Waals surface area (Å²) < 4.78 is 0. The van der Waals surface area contributed by atoms with E-state index in [4.69, 9.17) is 11.5 Å². The van der Waals surface area contributed by atoms with Crippen LogP contribution in [-0.2, 0) is 6.42 Å². The SMILES string of the molecule is CCCc1nc(N)nc2ccc(C)c(C(N)=O)c12. The number of hydrogen-bond acceptors (Lipinski definition) is 4. The zero-order valence-corrected chi connectivity index (χ0v) is 10.5. The van der Waals surface area contributed by atoms with Gasteiger partial charge in [-0.15, -0.1) is 0 Å². The molecule has 0 aliphatic carbocycles. The van der Waals surface area contributed by atoms with Crippen LogP contribution < -0.4 is 11.5 Å². The summed E-state index contributed by atoms with van der Waals surface area (Å²) in [6, 6.07) is 3.67. The molecular weight excluding hydrogens is 228 g/mol. The van der Waals surface area contributed by atoms with E-state index < -0.39 is 5.91 Å². The quantitative estimate of drug-likeness (QED) is 0.856. The molecule has 4 N–H and O–H groups in total. The second kappa shape index (κ2) is 4.60. The van der Waals surface area contributed by atoms with E-state index in [0.717, 1.165) is 29.5 Å². The maximum absolute atomic E-state index is 11.6. The molecule has 0 aliphatic rings. The first-order valence-electron chi connectivity index (χ1n) is 5.90. The summed E-state index contributed by atoms with van der Waals surface area (Å²) in [7, 11) is 0. The van der Waals surface area contributed by atoms with E-state index in [-0.39, 0.29) is 5.95 Å². The van der Waals surface area contributed by atoms with Gasteiger partial charge in [-0.3, -0.25) is 4.79 Å². The highest BCUT2D eigenvalue weighted by molar-refractivity contribution is 6.07. The Bertz CT molecular complexity index is 622. The molecule has 1 amide bonds. The summed E-state index contributed by atoms with van der Waals surface area (Å²) in [6.45, 7) is 3.90. The number of rotatable bonds is 3. The molecule has 2 rings (SSSR count). The molecule has 18 heavy (non-hydrogen) atoms. The van der Waals surface area contributed by atoms with Gasteiger partial charge >= 0.3 is 0 Å². The smallest absolute Gasteiger partial charge is 0.249 e. The minimum Gasteiger partial charge on any atom is -0.368 e. The number of hydrogen-bond donors (Lipinski definition) is 2. The highest BCUT2D eigenvalue weighted by Gasteiger charge is 2.15. The molecule has 1 aromatic carbocycles. The molecule has 0 aliphatic heterocycles. The summed E-state index contributed by atoms with van der Waals surface area (Å²) >= 11 is 0. The van der Waals surface area contributed by atoms with Gasteiger partial charge in [0.05, 0.1) is 16.8 Å². The Hall–Kier alpha value is -2.17. The molecular formula is C13H16N4O. The standard InChI is InChI=1S/C13H16N4O/c1-3-4-8-11-9(17-13(15)16-8)6-5-7(2)10(11)12(14)18/h5-6H,3-4H2,1-2H3,(H2,14,18)(H2,15,16,17). The van der Waals surface area contributed by atoms with Crippen molar-refractivity contribution in [3.63, 3.8) is 0 Å². The molecule has 0 unspecified atom stereocenters. The van der Waals surface area contributed by atoms with E-state index in [0.29, 0.717) is 11.1 Å². The zero-order chi connectivity index (χ0) is 13.3. The number of aromatic nitrogens is 2. The molecule has 0 bridgehead atoms. The number of nitrogens with two attached hydrogens (primary N) is 2. The Balaban J connectivity index is 2.88. The van der Waals surface area contributed by atoms with Crippen molar-refractivity contribution in [2.24, 2.45) is 5.73 Å². The van der Waals surface area contributed by atoms with Crippen LogP contribution in [-0.4, -0.2) is 15.9 Å². The molecule has 2 aromatic rings. The largest absolute Gasteiger partial charge is 0.368 e. The normalized spacial score (nSPS) is 10.8. The maximum atomic E-state index is 11.6. The van der Waals surface area contributed by atoms with Crippen LogP contribution in [0.3, 0.4) is 0 Å². The number of carbonyl (C=O) groups excluding carboxylic acids is 1. The van der Waals surface area contributed by atoms with E-state index in [9.17, 15) is 4.79 Å². The maximum Gasteiger partial charge on any atom is 0.249 e. The van der Waals surface area contributed by atoms with Gasteiger partial charge in [-0.2, -0.15) is 0 Å². The number of carbonyl (C=O) groups is 1. The fourth-order valence-corrected chi connectivity index (χ4v) is 2.16. The Labute approximate surface area is 105 Å². The van der Waals surface area contributed by atoms with Crippen molar-refractivity contribution < 1.29 is 4.79 Å². The van der Waals surface area contributed by atoms with E-state index in [1.165, 1.54) is 0 Å². The molecule has 94 valence electrons. The molecule has 0 saturated heterocycles. The molecule has 1 heterocycles. The van der Waals surface area contributed by atoms with Gasteiger partial charge in [0.1, 0.15) is 0 Å². The van der Waals surface area contributed by atoms with Crippen molar-refractivity contribution in [1.82, 2.24) is 9.97 Å². The number of nitrogen functional groups attached to an aromatic ring is 1. The summed E-state index contributed by atoms with van der Waals surface area (Å²) in [5.41, 5.74) is 13.9. The average molecular weight is 244 g/mol. The Morgan fingerprint density at radius 3 is 2.67 bits per heavy atom. The van der Waals surface area contributed by atoms with E-state index >= 15 is 0 Å². The summed E-state index contributed by atoms with van der Waals surface area (Å²) in [5.74, 6) is -0.228. The third-order valence-corrected chi connectivity index (χ3v) is 2.90. The number of nitrogens with zero attached hydrogens (tertiary/aromatic N) is 2. The van der Waals surface area contributed by atoms with Crippen LogP contribution in [0.1, 0.15) is 35.0 Å². The minimum atomic E-state index is -0.455. The zero-order valence-electron chi connectivity index (χ0n) is 10.5. The second-order valence-corrected chi connectivity index (χ2v) is 4.29. The van der Waals surface area contributed by atoms with Crippen molar-refractivity contribution in [2.75, 3.05) is 5.73 Å². The molecule has 0 saturated carbocycles. The van der Waals surface area contributed by atoms with Gasteiger partial charge in [0.2, 0.25) is 11.9 Å². The van der Waals surface area contributed by atoms with Crippen molar-refractivity contribution in [2.45, 2.75) is 26.7 Å². The Morgan fingerprint density at radius 2 is 2.06 bits per heavy atom. The van der Waals surface area contributed by atoms with Crippen molar-refractivity contribution in [3.05, 3.63) is 29.0 Å². The average Bonchev–Trinajstić information content (AvgIpc) is 2.29. The van der Waals surface area contributed by atoms with Crippen LogP contribution >= 0.6 is 0 Å². The third-order valence-electron chi connectivity index (χ3n) is 2.90. The number of anilines is 1. The van der Waals surface area contributed by atoms with Crippen molar-refractivity contribution in [1.29, 1.82) is 0 Å². The van der Waals surface area contributed by atoms with Gasteiger partial charge in [0.25, 0.3) is 0 Å². The summed E-state index contributed by atoms with van der Waals surface area (Å²) in [6.07, 6.45) is 1.66. The fraction of sp³-hybridized carbons (Fsp3) is 0.308. The van der Waals surface area contributed by atoms with E-state index in [2.05, 4.69) is 9.97 Å². The third kappa shape index (κ3) is 1.99. The number of aryl methyl sites for hydroxylation is 2. The first kappa shape index (κ1) is 12.3. The number of amides is 1. The summed E-state index contributed by atoms with van der Waals surface area (Å²) in [4.78, 5) is 20.0. The van der Waals surface area contributed by atoms with Crippen LogP contribution in [0.15, 0.2) is 12.1 Å². The first-order chi connectivity index (χ1) is 8.54. The number of primary amides is 1. The van der Waals surface area contributed by atoms with Crippen LogP contribution in [0.4, 0.5) is 5.95 Å². The highest BCUT2D eigenvalue weighted by atomic mass is 16.1. The van der Waals surface area contributed by atoms with Gasteiger partial charge in [-0.25, -0.2) is 9.97 Å². The Kier molecular flexibility index (Phi) is 3.14. The van der Waals surface area contributed by atoms with Gasteiger partial charge in [0.15, 0.2) is 0 Å². The highest BCUT2D eigenvalue weighted by Crippen LogP contribution is 2.25. The molecule has 0 radical (unpaired) electrons. The van der Waals surface area contributed by atoms with Crippen LogP contribution in [0.2, 0.25) is 0 Å². The van der Waals surface area contributed by atoms with Gasteiger partial charge in [-0.1, -0.05) is 19.4 Å². The summed E-state index contributed by atoms with van der Waals surface area (Å²) in [5, 5.41) is 0.735. The predicted octanol–water partition coefficient (Wildman–Crippen LogP) is 1.57. The lowest BCUT2D eigenvalue weighted by Gasteiger charge is -2.11. The predicted molar refractivity (Wildman–Crippen MR) is 71.2 cm³/mol. The second-order valence-electron chi connectivity index (χ2n) is 4.29. The lowest BCUT2D eigenvalue weighted by Crippen LogP contribution is -2.15. The van der Waals surface area contributed by atoms with E-state index in [1.54, 1.807) is 0 Å². The minimum absolute atomic E-state index is 0.227. The lowest BCUT2D eigenvalue weighted by atomic mass is 9.99. The van der Waals surface area contributed by atoms with Crippen molar-refractivity contribution >= 4 is 22.8 Å². The van der Waals surface area contributed by atoms with Crippen molar-refractivity contribution in [3.8, 4) is 0 Å². The number of fused-ring (bicyclic) bond motifs is 1. The van der Waals surface area contributed by atoms with Gasteiger partial charge in [0, 0.05) is 5.39 Å². The van der Waals surface area contributed by atoms with Gasteiger partial charge < -0.3 is 11.5 Å². The van der Waals surface area contributed by atoms with Crippen LogP contribution in [0.5, 0.6) is 0 Å². The molecule has 5 heteroatoms. The monoisotopic (exact) mass is 244 g/mol. The van der Waals surface area contributed by atoms with Crippen LogP contribution in [0, 0.1) is 6.92 Å².